The first-order valence-electron chi connectivity index (χ1n) is 13.1. The molecule has 180 valence electrons. The molecule has 0 radical (unpaired) electrons. The summed E-state index contributed by atoms with van der Waals surface area (Å²) in [6.07, 6.45) is 19.6. The molecule has 0 aromatic rings. The van der Waals surface area contributed by atoms with Gasteiger partial charge < -0.3 is 0 Å². The number of phosphoric acid groups is 1. The SMILES string of the molecule is CCCP(CCC)(CCC)(CCC)OP(=O)(OC1CCCCC1)OC1CCCCC1. The summed E-state index contributed by atoms with van der Waals surface area (Å²) >= 11 is 0. The van der Waals surface area contributed by atoms with Crippen molar-refractivity contribution in [3.63, 3.8) is 0 Å². The van der Waals surface area contributed by atoms with Gasteiger partial charge in [-0.3, -0.25) is 0 Å². The molecule has 0 atom stereocenters. The molecule has 0 amide bonds. The first kappa shape index (κ1) is 26.8. The Bertz CT molecular complexity index is 468. The predicted octanol–water partition coefficient (Wildman–Crippen LogP) is 8.92. The fourth-order valence-electron chi connectivity index (χ4n) is 6.15. The van der Waals surface area contributed by atoms with Crippen LogP contribution >= 0.6 is 14.7 Å². The van der Waals surface area contributed by atoms with Gasteiger partial charge in [-0.05, 0) is 0 Å². The van der Waals surface area contributed by atoms with E-state index in [9.17, 15) is 4.57 Å². The summed E-state index contributed by atoms with van der Waals surface area (Å²) in [5, 5.41) is 0. The van der Waals surface area contributed by atoms with Crippen LogP contribution in [0.2, 0.25) is 0 Å². The van der Waals surface area contributed by atoms with Crippen molar-refractivity contribution in [3.8, 4) is 0 Å². The van der Waals surface area contributed by atoms with Crippen LogP contribution in [-0.2, 0) is 17.9 Å². The molecular weight excluding hydrogens is 414 g/mol. The molecule has 0 spiro atoms. The molecule has 0 aromatic carbocycles. The van der Waals surface area contributed by atoms with Crippen LogP contribution in [0.15, 0.2) is 0 Å². The molecular formula is C24H50O4P2. The van der Waals surface area contributed by atoms with Crippen LogP contribution in [-0.4, -0.2) is 36.9 Å². The molecule has 4 nitrogen and oxygen atoms in total. The van der Waals surface area contributed by atoms with Gasteiger partial charge in [0, 0.05) is 0 Å². The second-order valence-electron chi connectivity index (χ2n) is 10.0. The van der Waals surface area contributed by atoms with Crippen LogP contribution in [0.4, 0.5) is 0 Å². The van der Waals surface area contributed by atoms with Gasteiger partial charge in [-0.1, -0.05) is 0 Å². The summed E-state index contributed by atoms with van der Waals surface area (Å²) in [5.41, 5.74) is 0. The monoisotopic (exact) mass is 464 g/mol. The molecule has 0 aromatic heterocycles. The minimum atomic E-state index is -3.60. The maximum atomic E-state index is 14.4. The Hall–Kier alpha value is 0.540. The Balaban J connectivity index is 2.36. The van der Waals surface area contributed by atoms with E-state index in [1.807, 2.05) is 0 Å². The van der Waals surface area contributed by atoms with Crippen LogP contribution in [0.25, 0.3) is 0 Å². The van der Waals surface area contributed by atoms with Gasteiger partial charge in [0.2, 0.25) is 0 Å². The van der Waals surface area contributed by atoms with Gasteiger partial charge in [-0.25, -0.2) is 0 Å². The van der Waals surface area contributed by atoms with E-state index in [2.05, 4.69) is 27.7 Å². The minimum absolute atomic E-state index is 0.0296. The van der Waals surface area contributed by atoms with Crippen molar-refractivity contribution in [2.45, 2.75) is 130 Å². The number of hydrogen-bond acceptors (Lipinski definition) is 4. The van der Waals surface area contributed by atoms with E-state index in [1.165, 1.54) is 12.8 Å². The van der Waals surface area contributed by atoms with E-state index in [0.717, 1.165) is 102 Å². The molecule has 6 heteroatoms. The average molecular weight is 465 g/mol. The molecule has 30 heavy (non-hydrogen) atoms. The Morgan fingerprint density at radius 3 is 1.27 bits per heavy atom. The quantitative estimate of drug-likeness (QED) is 0.241. The Labute approximate surface area is 187 Å². The van der Waals surface area contributed by atoms with Crippen molar-refractivity contribution in [1.29, 1.82) is 0 Å². The summed E-state index contributed by atoms with van der Waals surface area (Å²) in [6, 6.07) is 0. The number of phosphoric ester groups is 1. The van der Waals surface area contributed by atoms with Gasteiger partial charge in [0.15, 0.2) is 0 Å². The summed E-state index contributed by atoms with van der Waals surface area (Å²) < 4.78 is 34.2. The molecule has 2 saturated carbocycles. The van der Waals surface area contributed by atoms with Crippen molar-refractivity contribution in [3.05, 3.63) is 0 Å². The van der Waals surface area contributed by atoms with Gasteiger partial charge in [0.25, 0.3) is 0 Å². The third-order valence-electron chi connectivity index (χ3n) is 7.15. The second-order valence-corrected chi connectivity index (χ2v) is 17.5. The zero-order chi connectivity index (χ0) is 22.0. The summed E-state index contributed by atoms with van der Waals surface area (Å²) in [6.45, 7) is 6.34. The molecule has 0 unspecified atom stereocenters. The van der Waals surface area contributed by atoms with Gasteiger partial charge >= 0.3 is 187 Å². The van der Waals surface area contributed by atoms with E-state index in [1.54, 1.807) is 0 Å². The summed E-state index contributed by atoms with van der Waals surface area (Å²) in [5.74, 6) is 0. The topological polar surface area (TPSA) is 44.8 Å². The second kappa shape index (κ2) is 12.7. The predicted molar refractivity (Wildman–Crippen MR) is 132 cm³/mol. The summed E-state index contributed by atoms with van der Waals surface area (Å²) in [7, 11) is -3.60. The first-order chi connectivity index (χ1) is 14.4. The van der Waals surface area contributed by atoms with Crippen LogP contribution in [0.3, 0.4) is 0 Å². The molecule has 0 aliphatic heterocycles. The van der Waals surface area contributed by atoms with E-state index >= 15 is 0 Å². The van der Waals surface area contributed by atoms with E-state index < -0.39 is 14.7 Å². The van der Waals surface area contributed by atoms with Crippen LogP contribution in [0.1, 0.15) is 118 Å². The maximum absolute atomic E-state index is 14.4. The van der Waals surface area contributed by atoms with Gasteiger partial charge in [-0.15, -0.1) is 0 Å². The third kappa shape index (κ3) is 7.55. The number of hydrogen-bond donors (Lipinski definition) is 0. The molecule has 2 fully saturated rings. The fourth-order valence-corrected chi connectivity index (χ4v) is 17.1. The standard InChI is InChI=1S/C24H50O4P2/c1-5-19-30(20-6-2,21-7-3,22-8-4)28-29(25,26-23-15-11-9-12-16-23)27-24-17-13-10-14-18-24/h23-24H,5-22H2,1-4H3. The Morgan fingerprint density at radius 1 is 0.633 bits per heavy atom. The Kier molecular flexibility index (Phi) is 11.3. The molecule has 0 bridgehead atoms. The zero-order valence-electron chi connectivity index (χ0n) is 20.4. The van der Waals surface area contributed by atoms with Crippen molar-refractivity contribution in [1.82, 2.24) is 0 Å². The van der Waals surface area contributed by atoms with Crippen molar-refractivity contribution in [2.75, 3.05) is 24.6 Å². The molecule has 0 N–H and O–H groups in total. The molecule has 0 saturated heterocycles. The third-order valence-corrected chi connectivity index (χ3v) is 17.2. The Morgan fingerprint density at radius 2 is 0.967 bits per heavy atom. The van der Waals surface area contributed by atoms with Crippen LogP contribution in [0, 0.1) is 0 Å². The normalized spacial score (nSPS) is 21.4. The van der Waals surface area contributed by atoms with Crippen molar-refractivity contribution in [2.24, 2.45) is 0 Å². The molecule has 2 rings (SSSR count). The van der Waals surface area contributed by atoms with E-state index in [0.29, 0.717) is 0 Å². The average Bonchev–Trinajstić information content (AvgIpc) is 2.70. The van der Waals surface area contributed by atoms with Crippen molar-refractivity contribution >= 4 is 14.7 Å². The van der Waals surface area contributed by atoms with Gasteiger partial charge in [-0.2, -0.15) is 0 Å². The molecule has 0 heterocycles. The fraction of sp³-hybridized carbons (Fsp3) is 1.00. The summed E-state index contributed by atoms with van der Waals surface area (Å²) in [4.78, 5) is 0. The van der Waals surface area contributed by atoms with E-state index in [-0.39, 0.29) is 12.2 Å². The van der Waals surface area contributed by atoms with Crippen molar-refractivity contribution < 1.29 is 17.9 Å². The number of rotatable bonds is 14. The zero-order valence-corrected chi connectivity index (χ0v) is 22.2. The first-order valence-corrected chi connectivity index (χ1v) is 17.5. The molecule has 2 aliphatic carbocycles. The van der Waals surface area contributed by atoms with Gasteiger partial charge in [0.1, 0.15) is 0 Å². The van der Waals surface area contributed by atoms with Crippen LogP contribution < -0.4 is 0 Å². The molecule has 2 aliphatic rings. The van der Waals surface area contributed by atoms with Gasteiger partial charge in [0.05, 0.1) is 0 Å². The van der Waals surface area contributed by atoms with Crippen LogP contribution in [0.5, 0.6) is 0 Å². The van der Waals surface area contributed by atoms with E-state index in [4.69, 9.17) is 13.4 Å².